The van der Waals surface area contributed by atoms with E-state index in [9.17, 15) is 0 Å². The minimum absolute atomic E-state index is 0.662. The van der Waals surface area contributed by atoms with Gasteiger partial charge in [-0.25, -0.2) is 0 Å². The molecule has 0 aliphatic rings. The van der Waals surface area contributed by atoms with Crippen LogP contribution in [0.25, 0.3) is 11.1 Å². The largest absolute Gasteiger partial charge is 0.313 e. The van der Waals surface area contributed by atoms with Gasteiger partial charge in [0.05, 0.1) is 0 Å². The Balaban J connectivity index is 2.22. The van der Waals surface area contributed by atoms with Crippen LogP contribution in [0.3, 0.4) is 0 Å². The lowest BCUT2D eigenvalue weighted by Gasteiger charge is -2.08. The molecule has 0 saturated heterocycles. The molecule has 0 bridgehead atoms. The summed E-state index contributed by atoms with van der Waals surface area (Å²) < 4.78 is 0. The number of nitrogens with one attached hydrogen (secondary N) is 1. The predicted octanol–water partition coefficient (Wildman–Crippen LogP) is 5.16. The molecular weight excluding hydrogens is 277 g/mol. The smallest absolute Gasteiger partial charge is 0.0499 e. The summed E-state index contributed by atoms with van der Waals surface area (Å²) in [6.45, 7) is 4.08. The van der Waals surface area contributed by atoms with Crippen molar-refractivity contribution in [3.8, 4) is 11.1 Å². The van der Waals surface area contributed by atoms with E-state index in [-0.39, 0.29) is 0 Å². The van der Waals surface area contributed by atoms with Crippen molar-refractivity contribution in [3.63, 3.8) is 0 Å². The van der Waals surface area contributed by atoms with E-state index in [1.54, 1.807) is 6.07 Å². The van der Waals surface area contributed by atoms with E-state index in [1.165, 1.54) is 5.56 Å². The van der Waals surface area contributed by atoms with Crippen molar-refractivity contribution < 1.29 is 0 Å². The second-order valence-corrected chi connectivity index (χ2v) is 5.34. The Bertz CT molecular complexity index is 552. The highest BCUT2D eigenvalue weighted by Gasteiger charge is 2.04. The maximum Gasteiger partial charge on any atom is 0.0499 e. The van der Waals surface area contributed by atoms with Crippen LogP contribution in [0, 0.1) is 0 Å². The average Bonchev–Trinajstić information content (AvgIpc) is 2.39. The van der Waals surface area contributed by atoms with Crippen LogP contribution in [0.5, 0.6) is 0 Å². The van der Waals surface area contributed by atoms with Gasteiger partial charge in [0.2, 0.25) is 0 Å². The maximum atomic E-state index is 6.24. The summed E-state index contributed by atoms with van der Waals surface area (Å²) in [5.74, 6) is 0. The van der Waals surface area contributed by atoms with Crippen LogP contribution in [0.15, 0.2) is 42.5 Å². The van der Waals surface area contributed by atoms with Gasteiger partial charge in [-0.1, -0.05) is 54.4 Å². The molecule has 3 heteroatoms. The first kappa shape index (κ1) is 14.4. The number of benzene rings is 2. The molecule has 0 aliphatic carbocycles. The molecule has 2 aromatic rings. The Kier molecular flexibility index (Phi) is 5.26. The zero-order valence-corrected chi connectivity index (χ0v) is 12.4. The summed E-state index contributed by atoms with van der Waals surface area (Å²) in [5.41, 5.74) is 3.40. The highest BCUT2D eigenvalue weighted by atomic mass is 35.5. The van der Waals surface area contributed by atoms with Gasteiger partial charge in [-0.3, -0.25) is 0 Å². The molecule has 0 aliphatic heterocycles. The van der Waals surface area contributed by atoms with Crippen LogP contribution in [-0.4, -0.2) is 6.54 Å². The van der Waals surface area contributed by atoms with Gasteiger partial charge in [-0.15, -0.1) is 0 Å². The van der Waals surface area contributed by atoms with Crippen LogP contribution in [0.4, 0.5) is 0 Å². The number of hydrogen-bond acceptors (Lipinski definition) is 1. The molecule has 19 heavy (non-hydrogen) atoms. The summed E-state index contributed by atoms with van der Waals surface area (Å²) in [6, 6.07) is 14.0. The van der Waals surface area contributed by atoms with E-state index in [1.807, 2.05) is 12.1 Å². The summed E-state index contributed by atoms with van der Waals surface area (Å²) in [5, 5.41) is 4.75. The first-order valence-electron chi connectivity index (χ1n) is 6.46. The second-order valence-electron chi connectivity index (χ2n) is 4.50. The summed E-state index contributed by atoms with van der Waals surface area (Å²) in [4.78, 5) is 0. The molecule has 0 amide bonds. The van der Waals surface area contributed by atoms with E-state index in [0.29, 0.717) is 10.0 Å². The second kappa shape index (κ2) is 6.95. The van der Waals surface area contributed by atoms with Gasteiger partial charge in [0.15, 0.2) is 0 Å². The average molecular weight is 294 g/mol. The van der Waals surface area contributed by atoms with Gasteiger partial charge in [0.25, 0.3) is 0 Å². The van der Waals surface area contributed by atoms with Gasteiger partial charge in [0, 0.05) is 22.2 Å². The standard InChI is InChI=1S/C16H17Cl2N/c1-2-8-19-11-12-4-3-5-13(9-12)15-7-6-14(17)10-16(15)18/h3-7,9-10,19H,2,8,11H2,1H3. The normalized spacial score (nSPS) is 10.7. The van der Waals surface area contributed by atoms with Crippen molar-refractivity contribution >= 4 is 23.2 Å². The van der Waals surface area contributed by atoms with Crippen LogP contribution >= 0.6 is 23.2 Å². The van der Waals surface area contributed by atoms with Gasteiger partial charge < -0.3 is 5.32 Å². The number of halogens is 2. The summed E-state index contributed by atoms with van der Waals surface area (Å²) in [7, 11) is 0. The molecular formula is C16H17Cl2N. The Hall–Kier alpha value is -1.02. The third kappa shape index (κ3) is 3.97. The fraction of sp³-hybridized carbons (Fsp3) is 0.250. The van der Waals surface area contributed by atoms with Gasteiger partial charge in [0.1, 0.15) is 0 Å². The number of hydrogen-bond donors (Lipinski definition) is 1. The third-order valence-electron chi connectivity index (χ3n) is 2.93. The lowest BCUT2D eigenvalue weighted by molar-refractivity contribution is 0.675. The molecule has 0 spiro atoms. The molecule has 1 N–H and O–H groups in total. The zero-order chi connectivity index (χ0) is 13.7. The highest BCUT2D eigenvalue weighted by Crippen LogP contribution is 2.30. The molecule has 0 atom stereocenters. The van der Waals surface area contributed by atoms with Crippen molar-refractivity contribution in [2.75, 3.05) is 6.54 Å². The van der Waals surface area contributed by atoms with Gasteiger partial charge in [-0.05, 0) is 42.3 Å². The molecule has 0 heterocycles. The summed E-state index contributed by atoms with van der Waals surface area (Å²) >= 11 is 12.2. The minimum atomic E-state index is 0.662. The molecule has 2 rings (SSSR count). The molecule has 0 saturated carbocycles. The minimum Gasteiger partial charge on any atom is -0.313 e. The van der Waals surface area contributed by atoms with Gasteiger partial charge in [-0.2, -0.15) is 0 Å². The quantitative estimate of drug-likeness (QED) is 0.751. The number of rotatable bonds is 5. The van der Waals surface area contributed by atoms with Gasteiger partial charge >= 0.3 is 0 Å². The van der Waals surface area contributed by atoms with Crippen LogP contribution in [-0.2, 0) is 6.54 Å². The van der Waals surface area contributed by atoms with Crippen molar-refractivity contribution in [1.82, 2.24) is 5.32 Å². The van der Waals surface area contributed by atoms with E-state index in [4.69, 9.17) is 23.2 Å². The molecule has 2 aromatic carbocycles. The van der Waals surface area contributed by atoms with Crippen molar-refractivity contribution in [2.24, 2.45) is 0 Å². The monoisotopic (exact) mass is 293 g/mol. The molecule has 0 fully saturated rings. The maximum absolute atomic E-state index is 6.24. The molecule has 0 radical (unpaired) electrons. The first-order chi connectivity index (χ1) is 9.20. The highest BCUT2D eigenvalue weighted by molar-refractivity contribution is 6.36. The zero-order valence-electron chi connectivity index (χ0n) is 10.9. The Morgan fingerprint density at radius 2 is 1.89 bits per heavy atom. The lowest BCUT2D eigenvalue weighted by Crippen LogP contribution is -2.13. The SMILES string of the molecule is CCCNCc1cccc(-c2ccc(Cl)cc2Cl)c1. The van der Waals surface area contributed by atoms with E-state index in [0.717, 1.165) is 30.6 Å². The Labute approximate surface area is 124 Å². The van der Waals surface area contributed by atoms with Crippen molar-refractivity contribution in [2.45, 2.75) is 19.9 Å². The van der Waals surface area contributed by atoms with E-state index in [2.05, 4.69) is 36.5 Å². The Morgan fingerprint density at radius 3 is 2.63 bits per heavy atom. The van der Waals surface area contributed by atoms with E-state index >= 15 is 0 Å². The topological polar surface area (TPSA) is 12.0 Å². The molecule has 1 nitrogen and oxygen atoms in total. The van der Waals surface area contributed by atoms with Crippen LogP contribution in [0.2, 0.25) is 10.0 Å². The van der Waals surface area contributed by atoms with Crippen LogP contribution in [0.1, 0.15) is 18.9 Å². The Morgan fingerprint density at radius 1 is 1.05 bits per heavy atom. The predicted molar refractivity (Wildman–Crippen MR) is 83.9 cm³/mol. The lowest BCUT2D eigenvalue weighted by atomic mass is 10.0. The molecule has 100 valence electrons. The van der Waals surface area contributed by atoms with Crippen molar-refractivity contribution in [1.29, 1.82) is 0 Å². The molecule has 0 aromatic heterocycles. The first-order valence-corrected chi connectivity index (χ1v) is 7.21. The molecule has 0 unspecified atom stereocenters. The van der Waals surface area contributed by atoms with E-state index < -0.39 is 0 Å². The van der Waals surface area contributed by atoms with Crippen molar-refractivity contribution in [3.05, 3.63) is 58.1 Å². The fourth-order valence-corrected chi connectivity index (χ4v) is 2.50. The third-order valence-corrected chi connectivity index (χ3v) is 3.47. The van der Waals surface area contributed by atoms with Crippen LogP contribution < -0.4 is 5.32 Å². The fourth-order valence-electron chi connectivity index (χ4n) is 1.98. The summed E-state index contributed by atoms with van der Waals surface area (Å²) in [6.07, 6.45) is 1.14.